The average molecular weight is 845 g/mol. The van der Waals surface area contributed by atoms with E-state index in [2.05, 4.69) is 50.3 Å². The smallest absolute Gasteiger partial charge is 0.462 e. The summed E-state index contributed by atoms with van der Waals surface area (Å²) in [6.07, 6.45) is 26.1. The fourth-order valence-corrected chi connectivity index (χ4v) is 7.31. The highest BCUT2D eigenvalue weighted by Gasteiger charge is 2.51. The maximum absolute atomic E-state index is 12.8. The Labute approximate surface area is 348 Å². The summed E-state index contributed by atoms with van der Waals surface area (Å²) in [5, 5.41) is 50.0. The van der Waals surface area contributed by atoms with Crippen LogP contribution in [0.15, 0.2) is 48.6 Å². The van der Waals surface area contributed by atoms with Gasteiger partial charge >= 0.3 is 19.8 Å². The Balaban J connectivity index is 2.54. The summed E-state index contributed by atoms with van der Waals surface area (Å²) in [6, 6.07) is 0. The van der Waals surface area contributed by atoms with Crippen molar-refractivity contribution in [1.82, 2.24) is 0 Å². The zero-order valence-corrected chi connectivity index (χ0v) is 36.2. The molecule has 0 spiro atoms. The van der Waals surface area contributed by atoms with Gasteiger partial charge in [0.15, 0.2) is 6.10 Å². The summed E-state index contributed by atoms with van der Waals surface area (Å²) in [5.74, 6) is -1.17. The minimum absolute atomic E-state index is 0.0210. The largest absolute Gasteiger partial charge is 0.472 e. The molecule has 1 rings (SSSR count). The number of aliphatic hydroxyl groups is 5. The van der Waals surface area contributed by atoms with E-state index in [-0.39, 0.29) is 12.8 Å². The zero-order valence-electron chi connectivity index (χ0n) is 35.3. The van der Waals surface area contributed by atoms with Crippen molar-refractivity contribution < 1.29 is 63.1 Å². The van der Waals surface area contributed by atoms with Crippen molar-refractivity contribution in [3.8, 4) is 0 Å². The number of aliphatic hydroxyl groups excluding tert-OH is 5. The summed E-state index contributed by atoms with van der Waals surface area (Å²) in [6.45, 7) is 3.20. The number of unbranched alkanes of at least 4 members (excludes halogenated alkanes) is 15. The van der Waals surface area contributed by atoms with Gasteiger partial charge in [-0.05, 0) is 51.4 Å². The number of phosphoric ester groups is 1. The predicted octanol–water partition coefficient (Wildman–Crippen LogP) is 8.00. The number of carbonyl (C=O) groups is 2. The van der Waals surface area contributed by atoms with E-state index in [9.17, 15) is 44.6 Å². The highest BCUT2D eigenvalue weighted by atomic mass is 31.2. The molecule has 1 aliphatic carbocycles. The molecular weight excluding hydrogens is 767 g/mol. The van der Waals surface area contributed by atoms with Gasteiger partial charge in [0.05, 0.1) is 6.61 Å². The first-order valence-corrected chi connectivity index (χ1v) is 23.4. The molecule has 14 heteroatoms. The number of hydrogen-bond donors (Lipinski definition) is 6. The van der Waals surface area contributed by atoms with Gasteiger partial charge in [-0.25, -0.2) is 4.57 Å². The second-order valence-corrected chi connectivity index (χ2v) is 16.6. The van der Waals surface area contributed by atoms with Crippen molar-refractivity contribution in [2.45, 2.75) is 204 Å². The van der Waals surface area contributed by atoms with Crippen LogP contribution >= 0.6 is 7.82 Å². The van der Waals surface area contributed by atoms with E-state index in [1.807, 2.05) is 12.2 Å². The van der Waals surface area contributed by atoms with Gasteiger partial charge < -0.3 is 39.9 Å². The van der Waals surface area contributed by atoms with Gasteiger partial charge in [0.25, 0.3) is 0 Å². The highest BCUT2D eigenvalue weighted by molar-refractivity contribution is 7.47. The number of ether oxygens (including phenoxy) is 2. The Hall–Kier alpha value is -2.19. The minimum atomic E-state index is -5.13. The van der Waals surface area contributed by atoms with E-state index in [0.29, 0.717) is 19.3 Å². The van der Waals surface area contributed by atoms with Gasteiger partial charge in [-0.3, -0.25) is 18.6 Å². The van der Waals surface area contributed by atoms with Gasteiger partial charge in [0, 0.05) is 12.8 Å². The first-order chi connectivity index (χ1) is 27.9. The molecule has 0 bridgehead atoms. The fourth-order valence-electron chi connectivity index (χ4n) is 6.34. The number of carbonyl (C=O) groups excluding carboxylic acids is 2. The van der Waals surface area contributed by atoms with E-state index in [0.717, 1.165) is 44.9 Å². The number of hydrogen-bond acceptors (Lipinski definition) is 12. The molecule has 0 aromatic carbocycles. The molecule has 0 amide bonds. The average Bonchev–Trinajstić information content (AvgIpc) is 3.20. The molecule has 8 atom stereocenters. The molecule has 1 aliphatic rings. The molecule has 0 aromatic rings. The molecule has 0 saturated heterocycles. The molecular formula is C44H77O13P. The van der Waals surface area contributed by atoms with E-state index >= 15 is 0 Å². The first-order valence-electron chi connectivity index (χ1n) is 21.9. The van der Waals surface area contributed by atoms with Crippen molar-refractivity contribution in [2.75, 3.05) is 13.2 Å². The Morgan fingerprint density at radius 1 is 0.534 bits per heavy atom. The van der Waals surface area contributed by atoms with Crippen molar-refractivity contribution in [3.63, 3.8) is 0 Å². The summed E-state index contributed by atoms with van der Waals surface area (Å²) < 4.78 is 33.4. The third kappa shape index (κ3) is 26.8. The maximum atomic E-state index is 12.8. The van der Waals surface area contributed by atoms with Gasteiger partial charge in [-0.2, -0.15) is 0 Å². The van der Waals surface area contributed by atoms with E-state index < -0.39 is 75.7 Å². The molecule has 6 unspecified atom stereocenters. The molecule has 13 nitrogen and oxygen atoms in total. The van der Waals surface area contributed by atoms with Crippen LogP contribution < -0.4 is 0 Å². The van der Waals surface area contributed by atoms with Crippen molar-refractivity contribution in [1.29, 1.82) is 0 Å². The van der Waals surface area contributed by atoms with Crippen molar-refractivity contribution in [3.05, 3.63) is 48.6 Å². The molecule has 58 heavy (non-hydrogen) atoms. The SMILES string of the molecule is CCCCC/C=C/C/C=C/C/C=C/C/C=C/CCCC(=O)O[C@H](COC(=O)CCCCCCCCCCCCCC)COP(=O)(O)OC1C(O)C(O)C(O)[C@@H](O)C1O. The first kappa shape index (κ1) is 53.8. The summed E-state index contributed by atoms with van der Waals surface area (Å²) >= 11 is 0. The van der Waals surface area contributed by atoms with E-state index in [4.69, 9.17) is 18.5 Å². The van der Waals surface area contributed by atoms with E-state index in [1.165, 1.54) is 70.6 Å². The van der Waals surface area contributed by atoms with E-state index in [1.54, 1.807) is 0 Å². The predicted molar refractivity (Wildman–Crippen MR) is 226 cm³/mol. The van der Waals surface area contributed by atoms with Crippen molar-refractivity contribution >= 4 is 19.8 Å². The normalized spacial score (nSPS) is 23.0. The lowest BCUT2D eigenvalue weighted by Gasteiger charge is -2.41. The summed E-state index contributed by atoms with van der Waals surface area (Å²) in [7, 11) is -5.13. The Bertz CT molecular complexity index is 1210. The van der Waals surface area contributed by atoms with Crippen LogP contribution in [0.3, 0.4) is 0 Å². The van der Waals surface area contributed by atoms with Crippen LogP contribution in [0.4, 0.5) is 0 Å². The van der Waals surface area contributed by atoms with Crippen LogP contribution in [-0.4, -0.2) is 98.3 Å². The molecule has 0 aliphatic heterocycles. The van der Waals surface area contributed by atoms with Gasteiger partial charge in [0.2, 0.25) is 0 Å². The number of phosphoric acid groups is 1. The monoisotopic (exact) mass is 845 g/mol. The van der Waals surface area contributed by atoms with Gasteiger partial charge in [-0.1, -0.05) is 146 Å². The molecule has 1 fully saturated rings. The number of rotatable bonds is 35. The van der Waals surface area contributed by atoms with Crippen LogP contribution in [-0.2, 0) is 32.7 Å². The lowest BCUT2D eigenvalue weighted by molar-refractivity contribution is -0.220. The van der Waals surface area contributed by atoms with Crippen molar-refractivity contribution in [2.24, 2.45) is 0 Å². The zero-order chi connectivity index (χ0) is 42.9. The quantitative estimate of drug-likeness (QED) is 0.0155. The Morgan fingerprint density at radius 3 is 1.47 bits per heavy atom. The summed E-state index contributed by atoms with van der Waals surface area (Å²) in [4.78, 5) is 35.6. The third-order valence-electron chi connectivity index (χ3n) is 9.92. The second kappa shape index (κ2) is 34.5. The van der Waals surface area contributed by atoms with Crippen LogP contribution in [0, 0.1) is 0 Å². The molecule has 1 saturated carbocycles. The van der Waals surface area contributed by atoms with Crippen LogP contribution in [0.2, 0.25) is 0 Å². The number of esters is 2. The topological polar surface area (TPSA) is 210 Å². The standard InChI is InChI=1S/C44H77O13P/c1-3-5-7-9-11-13-15-17-18-19-20-21-23-25-27-29-31-33-38(46)56-36(34-54-37(45)32-30-28-26-24-22-16-14-12-10-8-6-4-2)35-55-58(52,53)57-44-42(50)40(48)39(47)41(49)43(44)51/h11,13,17-18,20-21,25,27,36,39-44,47-51H,3-10,12,14-16,19,22-24,26,28-35H2,1-2H3,(H,52,53)/b13-11+,18-17+,21-20+,27-25+/t36-,39?,40-,41?,42?,43?,44?/m1/s1. The third-order valence-corrected chi connectivity index (χ3v) is 10.9. The number of allylic oxidation sites excluding steroid dienone is 8. The fraction of sp³-hybridized carbons (Fsp3) is 0.773. The molecule has 336 valence electrons. The maximum Gasteiger partial charge on any atom is 0.472 e. The summed E-state index contributed by atoms with van der Waals surface area (Å²) in [5.41, 5.74) is 0. The Kier molecular flexibility index (Phi) is 32.0. The molecule has 6 N–H and O–H groups in total. The lowest BCUT2D eigenvalue weighted by atomic mass is 9.85. The highest BCUT2D eigenvalue weighted by Crippen LogP contribution is 2.47. The second-order valence-electron chi connectivity index (χ2n) is 15.2. The minimum Gasteiger partial charge on any atom is -0.462 e. The lowest BCUT2D eigenvalue weighted by Crippen LogP contribution is -2.64. The molecule has 0 heterocycles. The van der Waals surface area contributed by atoms with Gasteiger partial charge in [0.1, 0.15) is 43.2 Å². The Morgan fingerprint density at radius 2 is 0.948 bits per heavy atom. The van der Waals surface area contributed by atoms with Crippen LogP contribution in [0.1, 0.15) is 162 Å². The van der Waals surface area contributed by atoms with Crippen LogP contribution in [0.5, 0.6) is 0 Å². The molecule has 0 radical (unpaired) electrons. The van der Waals surface area contributed by atoms with Gasteiger partial charge in [-0.15, -0.1) is 0 Å². The van der Waals surface area contributed by atoms with Crippen LogP contribution in [0.25, 0.3) is 0 Å². The molecule has 0 aromatic heterocycles.